The highest BCUT2D eigenvalue weighted by atomic mass is 35.5. The largest absolute Gasteiger partial charge is 0.494 e. The summed E-state index contributed by atoms with van der Waals surface area (Å²) in [7, 11) is 0. The quantitative estimate of drug-likeness (QED) is 0.820. The lowest BCUT2D eigenvalue weighted by molar-refractivity contribution is -0.122. The normalized spacial score (nSPS) is 16.7. The van der Waals surface area contributed by atoms with Crippen molar-refractivity contribution in [3.63, 3.8) is 0 Å². The molecule has 2 aromatic rings. The molecule has 1 atom stereocenters. The number of nitrogens with zero attached hydrogens (tertiary/aromatic N) is 1. The van der Waals surface area contributed by atoms with Crippen molar-refractivity contribution in [2.45, 2.75) is 13.3 Å². The van der Waals surface area contributed by atoms with E-state index in [2.05, 4.69) is 5.32 Å². The van der Waals surface area contributed by atoms with Gasteiger partial charge in [0, 0.05) is 18.7 Å². The topological polar surface area (TPSA) is 58.6 Å². The molecule has 0 radical (unpaired) electrons. The van der Waals surface area contributed by atoms with Crippen LogP contribution in [0.5, 0.6) is 5.75 Å². The maximum absolute atomic E-state index is 12.5. The summed E-state index contributed by atoms with van der Waals surface area (Å²) in [5.74, 6) is -0.0562. The Bertz CT molecular complexity index is 824. The van der Waals surface area contributed by atoms with E-state index in [0.29, 0.717) is 23.9 Å². The molecule has 0 aromatic heterocycles. The fourth-order valence-electron chi connectivity index (χ4n) is 2.86. The Morgan fingerprint density at radius 1 is 1.23 bits per heavy atom. The fourth-order valence-corrected chi connectivity index (χ4v) is 3.20. The van der Waals surface area contributed by atoms with Gasteiger partial charge in [-0.3, -0.25) is 9.59 Å². The lowest BCUT2D eigenvalue weighted by Gasteiger charge is -2.17. The molecule has 1 N–H and O–H groups in total. The van der Waals surface area contributed by atoms with Crippen LogP contribution in [0.15, 0.2) is 42.5 Å². The van der Waals surface area contributed by atoms with Crippen molar-refractivity contribution < 1.29 is 14.3 Å². The summed E-state index contributed by atoms with van der Waals surface area (Å²) in [5.41, 5.74) is 1.19. The fraction of sp³-hybridized carbons (Fsp3) is 0.263. The molecule has 0 saturated carbocycles. The highest BCUT2D eigenvalue weighted by Gasteiger charge is 2.35. The molecule has 5 nitrogen and oxygen atoms in total. The zero-order valence-electron chi connectivity index (χ0n) is 14.2. The van der Waals surface area contributed by atoms with E-state index in [-0.39, 0.29) is 23.3 Å². The van der Waals surface area contributed by atoms with Gasteiger partial charge in [0.05, 0.1) is 28.3 Å². The molecule has 1 aliphatic heterocycles. The Morgan fingerprint density at radius 3 is 2.65 bits per heavy atom. The minimum Gasteiger partial charge on any atom is -0.494 e. The number of hydrogen-bond acceptors (Lipinski definition) is 3. The summed E-state index contributed by atoms with van der Waals surface area (Å²) in [6.45, 7) is 2.81. The highest BCUT2D eigenvalue weighted by Crippen LogP contribution is 2.31. The van der Waals surface area contributed by atoms with E-state index in [1.165, 1.54) is 0 Å². The molecule has 1 aliphatic rings. The Kier molecular flexibility index (Phi) is 5.69. The van der Waals surface area contributed by atoms with Crippen molar-refractivity contribution in [2.75, 3.05) is 23.4 Å². The molecule has 0 bridgehead atoms. The van der Waals surface area contributed by atoms with Crippen molar-refractivity contribution in [1.82, 2.24) is 0 Å². The van der Waals surface area contributed by atoms with Crippen LogP contribution >= 0.6 is 23.2 Å². The van der Waals surface area contributed by atoms with Gasteiger partial charge in [0.25, 0.3) is 0 Å². The van der Waals surface area contributed by atoms with Crippen LogP contribution in [-0.2, 0) is 9.59 Å². The maximum Gasteiger partial charge on any atom is 0.229 e. The summed E-state index contributed by atoms with van der Waals surface area (Å²) in [5, 5.41) is 3.41. The third-order valence-corrected chi connectivity index (χ3v) is 4.98. The van der Waals surface area contributed by atoms with E-state index in [0.717, 1.165) is 11.4 Å². The third-order valence-electron chi connectivity index (χ3n) is 4.16. The van der Waals surface area contributed by atoms with E-state index in [9.17, 15) is 9.59 Å². The number of ether oxygens (including phenoxy) is 1. The number of amides is 2. The smallest absolute Gasteiger partial charge is 0.229 e. The number of halogens is 2. The van der Waals surface area contributed by atoms with Crippen LogP contribution in [0.25, 0.3) is 0 Å². The minimum atomic E-state index is -0.455. The lowest BCUT2D eigenvalue weighted by Crippen LogP contribution is -2.28. The maximum atomic E-state index is 12.5. The average molecular weight is 393 g/mol. The SMILES string of the molecule is CCOc1ccc(N2C[C@H](C(=O)Nc3cccc(Cl)c3Cl)CC2=O)cc1. The summed E-state index contributed by atoms with van der Waals surface area (Å²) in [6.07, 6.45) is 0.150. The number of rotatable bonds is 5. The molecule has 1 saturated heterocycles. The Morgan fingerprint density at radius 2 is 1.96 bits per heavy atom. The first-order valence-electron chi connectivity index (χ1n) is 8.27. The van der Waals surface area contributed by atoms with E-state index >= 15 is 0 Å². The van der Waals surface area contributed by atoms with Crippen LogP contribution < -0.4 is 15.0 Å². The van der Waals surface area contributed by atoms with E-state index in [4.69, 9.17) is 27.9 Å². The molecule has 1 heterocycles. The second-order valence-corrected chi connectivity index (χ2v) is 6.71. The Labute approximate surface area is 161 Å². The van der Waals surface area contributed by atoms with Crippen LogP contribution in [-0.4, -0.2) is 25.0 Å². The number of hydrogen-bond donors (Lipinski definition) is 1. The number of anilines is 2. The number of nitrogens with one attached hydrogen (secondary N) is 1. The average Bonchev–Trinajstić information content (AvgIpc) is 3.02. The van der Waals surface area contributed by atoms with Crippen LogP contribution in [0.1, 0.15) is 13.3 Å². The molecular formula is C19H18Cl2N2O3. The van der Waals surface area contributed by atoms with Gasteiger partial charge in [-0.05, 0) is 43.3 Å². The van der Waals surface area contributed by atoms with Crippen LogP contribution in [0.4, 0.5) is 11.4 Å². The van der Waals surface area contributed by atoms with Gasteiger partial charge in [-0.2, -0.15) is 0 Å². The number of carbonyl (C=O) groups is 2. The molecule has 0 unspecified atom stereocenters. The van der Waals surface area contributed by atoms with E-state index in [1.54, 1.807) is 23.1 Å². The highest BCUT2D eigenvalue weighted by molar-refractivity contribution is 6.44. The second-order valence-electron chi connectivity index (χ2n) is 5.92. The van der Waals surface area contributed by atoms with Crippen molar-refractivity contribution >= 4 is 46.4 Å². The van der Waals surface area contributed by atoms with Crippen LogP contribution in [0, 0.1) is 5.92 Å². The Hall–Kier alpha value is -2.24. The summed E-state index contributed by atoms with van der Waals surface area (Å²) >= 11 is 12.1. The molecule has 0 spiro atoms. The minimum absolute atomic E-state index is 0.0912. The van der Waals surface area contributed by atoms with Crippen molar-refractivity contribution in [3.8, 4) is 5.75 Å². The molecule has 7 heteroatoms. The second kappa shape index (κ2) is 7.98. The summed E-state index contributed by atoms with van der Waals surface area (Å²) in [4.78, 5) is 26.5. The lowest BCUT2D eigenvalue weighted by atomic mass is 10.1. The standard InChI is InChI=1S/C19H18Cl2N2O3/c1-2-26-14-8-6-13(7-9-14)23-11-12(10-17(23)24)19(25)22-16-5-3-4-15(20)18(16)21/h3-9,12H,2,10-11H2,1H3,(H,22,25)/t12-/m1/s1. The zero-order valence-corrected chi connectivity index (χ0v) is 15.7. The van der Waals surface area contributed by atoms with Gasteiger partial charge in [-0.15, -0.1) is 0 Å². The van der Waals surface area contributed by atoms with E-state index < -0.39 is 5.92 Å². The van der Waals surface area contributed by atoms with Gasteiger partial charge in [0.1, 0.15) is 5.75 Å². The first-order valence-corrected chi connectivity index (χ1v) is 9.03. The van der Waals surface area contributed by atoms with Gasteiger partial charge in [0.2, 0.25) is 11.8 Å². The van der Waals surface area contributed by atoms with Crippen LogP contribution in [0.2, 0.25) is 10.0 Å². The van der Waals surface area contributed by atoms with Gasteiger partial charge >= 0.3 is 0 Å². The molecule has 2 amide bonds. The number of benzene rings is 2. The van der Waals surface area contributed by atoms with Crippen molar-refractivity contribution in [1.29, 1.82) is 0 Å². The molecule has 1 fully saturated rings. The first-order chi connectivity index (χ1) is 12.5. The number of carbonyl (C=O) groups excluding carboxylic acids is 2. The summed E-state index contributed by atoms with van der Waals surface area (Å²) < 4.78 is 5.41. The van der Waals surface area contributed by atoms with Gasteiger partial charge in [-0.1, -0.05) is 29.3 Å². The predicted molar refractivity (Wildman–Crippen MR) is 103 cm³/mol. The summed E-state index contributed by atoms with van der Waals surface area (Å²) in [6, 6.07) is 12.3. The van der Waals surface area contributed by atoms with Crippen molar-refractivity contribution in [3.05, 3.63) is 52.5 Å². The van der Waals surface area contributed by atoms with Gasteiger partial charge in [-0.25, -0.2) is 0 Å². The molecular weight excluding hydrogens is 375 g/mol. The molecule has 0 aliphatic carbocycles. The third kappa shape index (κ3) is 3.94. The monoisotopic (exact) mass is 392 g/mol. The molecule has 3 rings (SSSR count). The first kappa shape index (κ1) is 18.5. The Balaban J connectivity index is 1.68. The molecule has 136 valence electrons. The predicted octanol–water partition coefficient (Wildman–Crippen LogP) is 4.38. The van der Waals surface area contributed by atoms with Gasteiger partial charge in [0.15, 0.2) is 0 Å². The molecule has 2 aromatic carbocycles. The zero-order chi connectivity index (χ0) is 18.7. The van der Waals surface area contributed by atoms with E-state index in [1.807, 2.05) is 31.2 Å². The van der Waals surface area contributed by atoms with Gasteiger partial charge < -0.3 is 15.0 Å². The van der Waals surface area contributed by atoms with Crippen LogP contribution in [0.3, 0.4) is 0 Å². The molecule has 26 heavy (non-hydrogen) atoms. The van der Waals surface area contributed by atoms with Crippen molar-refractivity contribution in [2.24, 2.45) is 5.92 Å².